The number of likely N-dealkylation sites (N-methyl/N-ethyl adjacent to an activating group) is 1. The van der Waals surface area contributed by atoms with Gasteiger partial charge in [0.25, 0.3) is 5.91 Å². The van der Waals surface area contributed by atoms with Gasteiger partial charge in [0, 0.05) is 36.9 Å². The molecule has 2 aromatic carbocycles. The third-order valence-corrected chi connectivity index (χ3v) is 7.69. The molecule has 1 aliphatic carbocycles. The number of benzene rings is 2. The van der Waals surface area contributed by atoms with Crippen molar-refractivity contribution in [3.63, 3.8) is 0 Å². The van der Waals surface area contributed by atoms with Crippen molar-refractivity contribution in [1.82, 2.24) is 15.1 Å². The van der Waals surface area contributed by atoms with Crippen LogP contribution in [0.5, 0.6) is 5.75 Å². The molecule has 1 fully saturated rings. The minimum atomic E-state index is -0.442. The van der Waals surface area contributed by atoms with Crippen LogP contribution in [0.25, 0.3) is 0 Å². The Labute approximate surface area is 236 Å². The predicted octanol–water partition coefficient (Wildman–Crippen LogP) is 4.52. The van der Waals surface area contributed by atoms with E-state index in [1.807, 2.05) is 25.1 Å². The van der Waals surface area contributed by atoms with Crippen molar-refractivity contribution in [2.24, 2.45) is 5.92 Å². The van der Waals surface area contributed by atoms with E-state index < -0.39 is 18.2 Å². The van der Waals surface area contributed by atoms with Crippen LogP contribution in [0.3, 0.4) is 0 Å². The first-order valence-electron chi connectivity index (χ1n) is 14.1. The van der Waals surface area contributed by atoms with Crippen molar-refractivity contribution in [2.75, 3.05) is 37.4 Å². The second-order valence-electron chi connectivity index (χ2n) is 10.9. The van der Waals surface area contributed by atoms with Crippen molar-refractivity contribution < 1.29 is 24.2 Å². The van der Waals surface area contributed by atoms with E-state index in [1.165, 1.54) is 6.42 Å². The van der Waals surface area contributed by atoms with Gasteiger partial charge < -0.3 is 35.6 Å². The summed E-state index contributed by atoms with van der Waals surface area (Å²) in [5.41, 5.74) is 1.35. The number of ether oxygens (including phenoxy) is 1. The Kier molecular flexibility index (Phi) is 9.87. The van der Waals surface area contributed by atoms with E-state index in [-0.39, 0.29) is 36.1 Å². The lowest BCUT2D eigenvalue weighted by atomic mass is 9.96. The summed E-state index contributed by atoms with van der Waals surface area (Å²) in [6.45, 7) is 4.25. The Bertz CT molecular complexity index is 1170. The number of carbonyl (C=O) groups excluding carboxylic acids is 3. The molecule has 3 atom stereocenters. The lowest BCUT2D eigenvalue weighted by Crippen LogP contribution is -2.52. The van der Waals surface area contributed by atoms with Crippen molar-refractivity contribution in [3.8, 4) is 5.75 Å². The second-order valence-corrected chi connectivity index (χ2v) is 10.9. The predicted molar refractivity (Wildman–Crippen MR) is 155 cm³/mol. The number of amides is 5. The van der Waals surface area contributed by atoms with Gasteiger partial charge in [-0.05, 0) is 50.1 Å². The molecule has 0 aromatic heterocycles. The average molecular weight is 552 g/mol. The van der Waals surface area contributed by atoms with Crippen LogP contribution >= 0.6 is 0 Å². The fraction of sp³-hybridized carbons (Fsp3) is 0.500. The molecule has 4 N–H and O–H groups in total. The molecule has 0 unspecified atom stereocenters. The number of carbonyl (C=O) groups is 3. The Morgan fingerprint density at radius 2 is 1.77 bits per heavy atom. The number of hydrogen-bond acceptors (Lipinski definition) is 5. The first-order chi connectivity index (χ1) is 19.2. The fourth-order valence-corrected chi connectivity index (χ4v) is 5.22. The van der Waals surface area contributed by atoms with Gasteiger partial charge in [0.1, 0.15) is 11.9 Å². The number of fused-ring (bicyclic) bond motifs is 1. The number of nitrogens with zero attached hydrogens (tertiary/aromatic N) is 2. The van der Waals surface area contributed by atoms with E-state index in [9.17, 15) is 19.5 Å². The number of aliphatic hydroxyl groups is 1. The summed E-state index contributed by atoms with van der Waals surface area (Å²) in [5.74, 6) is -0.0466. The number of nitrogens with one attached hydrogen (secondary N) is 3. The average Bonchev–Trinajstić information content (AvgIpc) is 2.95. The molecule has 0 spiro atoms. The summed E-state index contributed by atoms with van der Waals surface area (Å²) in [6.07, 6.45) is 5.07. The largest absolute Gasteiger partial charge is 0.487 e. The van der Waals surface area contributed by atoms with Crippen molar-refractivity contribution in [2.45, 2.75) is 64.1 Å². The summed E-state index contributed by atoms with van der Waals surface area (Å²) in [5, 5.41) is 18.6. The number of aliphatic hydroxyl groups excluding tert-OH is 1. The van der Waals surface area contributed by atoms with Gasteiger partial charge in [0.05, 0.1) is 24.8 Å². The molecule has 0 radical (unpaired) electrons. The van der Waals surface area contributed by atoms with Crippen molar-refractivity contribution >= 4 is 29.3 Å². The molecule has 1 aliphatic heterocycles. The van der Waals surface area contributed by atoms with Gasteiger partial charge in [-0.2, -0.15) is 0 Å². The van der Waals surface area contributed by atoms with Crippen LogP contribution in [0.1, 0.15) is 56.3 Å². The SMILES string of the molecule is C[C@@H]1CN([C@@H](C)CO)C(=O)c2cc(NC(=O)Nc3ccccc3)ccc2O[C@H]1CN(C)C(=O)NC1CCCCC1. The van der Waals surface area contributed by atoms with E-state index in [4.69, 9.17) is 4.74 Å². The summed E-state index contributed by atoms with van der Waals surface area (Å²) in [4.78, 5) is 42.5. The van der Waals surface area contributed by atoms with Gasteiger partial charge >= 0.3 is 12.1 Å². The molecule has 1 saturated carbocycles. The van der Waals surface area contributed by atoms with Crippen LogP contribution in [0.15, 0.2) is 48.5 Å². The molecule has 0 saturated heterocycles. The molecule has 10 heteroatoms. The molecular formula is C30H41N5O5. The van der Waals surface area contributed by atoms with Crippen molar-refractivity contribution in [1.29, 1.82) is 0 Å². The van der Waals surface area contributed by atoms with Crippen LogP contribution < -0.4 is 20.7 Å². The van der Waals surface area contributed by atoms with Crippen LogP contribution in [-0.4, -0.2) is 77.8 Å². The van der Waals surface area contributed by atoms with Gasteiger partial charge in [-0.25, -0.2) is 9.59 Å². The van der Waals surface area contributed by atoms with Crippen LogP contribution in [0, 0.1) is 5.92 Å². The number of anilines is 2. The monoisotopic (exact) mass is 551 g/mol. The highest BCUT2D eigenvalue weighted by atomic mass is 16.5. The number of rotatable bonds is 7. The Balaban J connectivity index is 1.53. The Morgan fingerprint density at radius 3 is 2.48 bits per heavy atom. The number of para-hydroxylation sites is 1. The zero-order valence-electron chi connectivity index (χ0n) is 23.6. The first kappa shape index (κ1) is 29.2. The van der Waals surface area contributed by atoms with E-state index in [1.54, 1.807) is 54.1 Å². The standard InChI is InChI=1S/C30H41N5O5/c1-20-17-35(21(2)19-36)28(37)25-16-24(32-29(38)31-22-10-6-4-7-11-22)14-15-26(25)40-27(20)18-34(3)30(39)33-23-12-8-5-9-13-23/h4,6-7,10-11,14-16,20-21,23,27,36H,5,8-9,12-13,17-19H2,1-3H3,(H,33,39)(H2,31,32,38)/t20-,21+,27+/m1/s1. The first-order valence-corrected chi connectivity index (χ1v) is 14.1. The number of urea groups is 2. The maximum absolute atomic E-state index is 13.7. The van der Waals surface area contributed by atoms with Gasteiger partial charge in [0.15, 0.2) is 0 Å². The van der Waals surface area contributed by atoms with Gasteiger partial charge in [-0.1, -0.05) is 44.4 Å². The summed E-state index contributed by atoms with van der Waals surface area (Å²) in [7, 11) is 1.76. The molecule has 2 aliphatic rings. The highest BCUT2D eigenvalue weighted by molar-refractivity contribution is 6.02. The number of hydrogen-bond donors (Lipinski definition) is 4. The maximum atomic E-state index is 13.7. The summed E-state index contributed by atoms with van der Waals surface area (Å²) >= 11 is 0. The quantitative estimate of drug-likeness (QED) is 0.403. The summed E-state index contributed by atoms with van der Waals surface area (Å²) in [6, 6.07) is 13.2. The molecule has 0 bridgehead atoms. The minimum absolute atomic E-state index is 0.120. The normalized spacial score (nSPS) is 20.3. The molecule has 5 amide bonds. The van der Waals surface area contributed by atoms with Gasteiger partial charge in [0.2, 0.25) is 0 Å². The molecule has 1 heterocycles. The second kappa shape index (κ2) is 13.5. The van der Waals surface area contributed by atoms with E-state index in [2.05, 4.69) is 16.0 Å². The van der Waals surface area contributed by atoms with Crippen molar-refractivity contribution in [3.05, 3.63) is 54.1 Å². The Morgan fingerprint density at radius 1 is 1.07 bits per heavy atom. The highest BCUT2D eigenvalue weighted by Gasteiger charge is 2.34. The maximum Gasteiger partial charge on any atom is 0.323 e. The zero-order valence-corrected chi connectivity index (χ0v) is 23.6. The zero-order chi connectivity index (χ0) is 28.6. The van der Waals surface area contributed by atoms with E-state index in [0.29, 0.717) is 30.2 Å². The molecule has 10 nitrogen and oxygen atoms in total. The lowest BCUT2D eigenvalue weighted by molar-refractivity contribution is 0.0366. The Hall–Kier alpha value is -3.79. The lowest BCUT2D eigenvalue weighted by Gasteiger charge is -2.38. The van der Waals surface area contributed by atoms with Gasteiger partial charge in [-0.15, -0.1) is 0 Å². The highest BCUT2D eigenvalue weighted by Crippen LogP contribution is 2.31. The smallest absolute Gasteiger partial charge is 0.323 e. The van der Waals surface area contributed by atoms with E-state index in [0.717, 1.165) is 25.7 Å². The fourth-order valence-electron chi connectivity index (χ4n) is 5.22. The van der Waals surface area contributed by atoms with Gasteiger partial charge in [-0.3, -0.25) is 4.79 Å². The molecular weight excluding hydrogens is 510 g/mol. The van der Waals surface area contributed by atoms with E-state index >= 15 is 0 Å². The summed E-state index contributed by atoms with van der Waals surface area (Å²) < 4.78 is 6.39. The third kappa shape index (κ3) is 7.44. The molecule has 40 heavy (non-hydrogen) atoms. The topological polar surface area (TPSA) is 123 Å². The van der Waals surface area contributed by atoms with Crippen LogP contribution in [0.4, 0.5) is 21.0 Å². The molecule has 2 aromatic rings. The third-order valence-electron chi connectivity index (χ3n) is 7.69. The minimum Gasteiger partial charge on any atom is -0.487 e. The van der Waals surface area contributed by atoms with Crippen LogP contribution in [0.2, 0.25) is 0 Å². The molecule has 216 valence electrons. The van der Waals surface area contributed by atoms with Crippen LogP contribution in [-0.2, 0) is 0 Å². The molecule has 4 rings (SSSR count).